The van der Waals surface area contributed by atoms with Crippen LogP contribution in [0.15, 0.2) is 46.0 Å². The predicted molar refractivity (Wildman–Crippen MR) is 92.7 cm³/mol. The molecule has 2 unspecified atom stereocenters. The Bertz CT molecular complexity index is 783. The Hall–Kier alpha value is -3.23. The molecule has 144 valence electrons. The van der Waals surface area contributed by atoms with Crippen molar-refractivity contribution in [2.45, 2.75) is 25.2 Å². The first-order valence-corrected chi connectivity index (χ1v) is 8.28. The quantitative estimate of drug-likeness (QED) is 0.359. The first-order chi connectivity index (χ1) is 12.8. The van der Waals surface area contributed by atoms with Crippen LogP contribution in [-0.2, 0) is 14.4 Å². The summed E-state index contributed by atoms with van der Waals surface area (Å²) in [5.74, 6) is -4.88. The summed E-state index contributed by atoms with van der Waals surface area (Å²) < 4.78 is 5.43. The molecule has 0 radical (unpaired) electrons. The average molecular weight is 376 g/mol. The highest BCUT2D eigenvalue weighted by atomic mass is 16.5. The van der Waals surface area contributed by atoms with Gasteiger partial charge in [0.1, 0.15) is 17.4 Å². The molecular formula is C18H20N2O7. The Balaban J connectivity index is 2.17. The predicted octanol–water partition coefficient (Wildman–Crippen LogP) is 2.54. The van der Waals surface area contributed by atoms with Crippen molar-refractivity contribution in [3.05, 3.63) is 41.3 Å². The van der Waals surface area contributed by atoms with Crippen molar-refractivity contribution in [2.24, 2.45) is 16.1 Å². The van der Waals surface area contributed by atoms with Gasteiger partial charge in [0.25, 0.3) is 0 Å². The van der Waals surface area contributed by atoms with Crippen molar-refractivity contribution >= 4 is 17.7 Å². The van der Waals surface area contributed by atoms with Gasteiger partial charge >= 0.3 is 11.9 Å². The maximum absolute atomic E-state index is 12.4. The number of carbonyl (C=O) groups is 3. The first kappa shape index (κ1) is 20.1. The molecule has 0 saturated heterocycles. The number of allylic oxidation sites excluding steroid dienone is 2. The summed E-state index contributed by atoms with van der Waals surface area (Å²) in [5, 5.41) is 35.2. The van der Waals surface area contributed by atoms with Crippen LogP contribution in [0.4, 0.5) is 0 Å². The van der Waals surface area contributed by atoms with Crippen molar-refractivity contribution in [1.82, 2.24) is 0 Å². The number of azo groups is 1. The van der Waals surface area contributed by atoms with Crippen LogP contribution in [0.1, 0.15) is 30.7 Å². The van der Waals surface area contributed by atoms with E-state index < -0.39 is 29.6 Å². The third-order valence-electron chi connectivity index (χ3n) is 4.18. The van der Waals surface area contributed by atoms with Gasteiger partial charge in [-0.1, -0.05) is 12.1 Å². The lowest BCUT2D eigenvalue weighted by molar-refractivity contribution is -0.147. The van der Waals surface area contributed by atoms with Gasteiger partial charge in [-0.2, -0.15) is 5.11 Å². The molecule has 0 saturated carbocycles. The maximum Gasteiger partial charge on any atom is 0.315 e. The second-order valence-corrected chi connectivity index (χ2v) is 6.00. The lowest BCUT2D eigenvalue weighted by atomic mass is 9.76. The normalized spacial score (nSPS) is 20.1. The third-order valence-corrected chi connectivity index (χ3v) is 4.18. The number of nitrogens with zero attached hydrogens (tertiary/aromatic N) is 2. The van der Waals surface area contributed by atoms with Gasteiger partial charge in [-0.3, -0.25) is 14.4 Å². The van der Waals surface area contributed by atoms with E-state index in [1.54, 1.807) is 24.3 Å². The molecule has 27 heavy (non-hydrogen) atoms. The number of ketones is 1. The third kappa shape index (κ3) is 4.90. The number of aliphatic hydroxyl groups excluding tert-OH is 1. The Morgan fingerprint density at radius 1 is 1.22 bits per heavy atom. The molecule has 1 aromatic rings. The number of aliphatic hydroxyl groups is 1. The molecule has 2 atom stereocenters. The van der Waals surface area contributed by atoms with Crippen LogP contribution in [0.3, 0.4) is 0 Å². The van der Waals surface area contributed by atoms with Crippen LogP contribution in [0.2, 0.25) is 0 Å². The molecule has 0 fully saturated rings. The summed E-state index contributed by atoms with van der Waals surface area (Å²) >= 11 is 0. The molecule has 9 nitrogen and oxygen atoms in total. The lowest BCUT2D eigenvalue weighted by Crippen LogP contribution is -2.35. The molecule has 0 bridgehead atoms. The van der Waals surface area contributed by atoms with Crippen molar-refractivity contribution < 1.29 is 34.4 Å². The summed E-state index contributed by atoms with van der Waals surface area (Å²) in [6.07, 6.45) is 0.324. The number of aliphatic carboxylic acids is 2. The summed E-state index contributed by atoms with van der Waals surface area (Å²) in [4.78, 5) is 34.5. The fourth-order valence-electron chi connectivity index (χ4n) is 2.92. The Kier molecular flexibility index (Phi) is 6.64. The number of hydrogen-bond donors (Lipinski definition) is 3. The van der Waals surface area contributed by atoms with Gasteiger partial charge in [-0.05, 0) is 24.1 Å². The second kappa shape index (κ2) is 8.93. The minimum atomic E-state index is -1.37. The van der Waals surface area contributed by atoms with E-state index in [9.17, 15) is 24.6 Å². The number of carboxylic acid groups (broad SMARTS) is 2. The fraction of sp³-hybridized carbons (Fsp3) is 0.389. The second-order valence-electron chi connectivity index (χ2n) is 6.00. The van der Waals surface area contributed by atoms with Gasteiger partial charge in [0.2, 0.25) is 5.78 Å². The van der Waals surface area contributed by atoms with E-state index in [4.69, 9.17) is 9.84 Å². The van der Waals surface area contributed by atoms with Crippen LogP contribution < -0.4 is 4.74 Å². The van der Waals surface area contributed by atoms with E-state index >= 15 is 0 Å². The van der Waals surface area contributed by atoms with E-state index in [-0.39, 0.29) is 30.9 Å². The van der Waals surface area contributed by atoms with Crippen LogP contribution in [0.5, 0.6) is 5.75 Å². The molecular weight excluding hydrogens is 356 g/mol. The number of hydrogen-bond acceptors (Lipinski definition) is 7. The van der Waals surface area contributed by atoms with E-state index in [0.29, 0.717) is 17.7 Å². The molecule has 0 spiro atoms. The van der Waals surface area contributed by atoms with Gasteiger partial charge in [0, 0.05) is 25.8 Å². The van der Waals surface area contributed by atoms with Crippen molar-refractivity contribution in [1.29, 1.82) is 0 Å². The fourth-order valence-corrected chi connectivity index (χ4v) is 2.92. The number of benzene rings is 1. The topological polar surface area (TPSA) is 146 Å². The zero-order valence-corrected chi connectivity index (χ0v) is 14.7. The van der Waals surface area contributed by atoms with Gasteiger partial charge in [0.15, 0.2) is 5.70 Å². The number of Topliss-reactive ketones (excluding diaryl/α,β-unsaturated/α-hetero) is 1. The van der Waals surface area contributed by atoms with E-state index in [2.05, 4.69) is 10.2 Å². The molecule has 2 rings (SSSR count). The summed E-state index contributed by atoms with van der Waals surface area (Å²) in [6.45, 7) is 0.236. The van der Waals surface area contributed by atoms with Gasteiger partial charge in [-0.25, -0.2) is 0 Å². The van der Waals surface area contributed by atoms with Crippen LogP contribution in [0.25, 0.3) is 0 Å². The van der Waals surface area contributed by atoms with Crippen molar-refractivity contribution in [3.8, 4) is 5.75 Å². The van der Waals surface area contributed by atoms with Crippen LogP contribution in [-0.4, -0.2) is 46.7 Å². The van der Waals surface area contributed by atoms with Gasteiger partial charge < -0.3 is 20.1 Å². The minimum Gasteiger partial charge on any atom is -0.510 e. The van der Waals surface area contributed by atoms with E-state index in [0.717, 1.165) is 0 Å². The van der Waals surface area contributed by atoms with Gasteiger partial charge in [-0.15, -0.1) is 5.11 Å². The molecule has 1 aliphatic rings. The molecule has 0 aliphatic heterocycles. The molecule has 1 aromatic carbocycles. The smallest absolute Gasteiger partial charge is 0.315 e. The number of ether oxygens (including phenoxy) is 1. The zero-order chi connectivity index (χ0) is 20.0. The standard InChI is InChI=1S/C18H20N2O7/c1-19-20-16-13(21)9-12(15(17(16)24)18(25)26)10-4-6-11(7-5-10)27-8-2-3-14(22)23/h4-7,12,15,21H,2-3,8-9H2,1H3,(H,22,23)(H,25,26)/b20-19+. The molecule has 3 N–H and O–H groups in total. The highest BCUT2D eigenvalue weighted by Crippen LogP contribution is 2.39. The monoisotopic (exact) mass is 376 g/mol. The molecule has 0 amide bonds. The Morgan fingerprint density at radius 3 is 2.44 bits per heavy atom. The van der Waals surface area contributed by atoms with Gasteiger partial charge in [0.05, 0.1) is 6.61 Å². The largest absolute Gasteiger partial charge is 0.510 e. The highest BCUT2D eigenvalue weighted by Gasteiger charge is 2.43. The summed E-state index contributed by atoms with van der Waals surface area (Å²) in [5.41, 5.74) is 0.243. The zero-order valence-electron chi connectivity index (χ0n) is 14.7. The number of carbonyl (C=O) groups excluding carboxylic acids is 1. The van der Waals surface area contributed by atoms with E-state index in [1.807, 2.05) is 0 Å². The summed E-state index contributed by atoms with van der Waals surface area (Å²) in [6, 6.07) is 6.48. The molecule has 0 aromatic heterocycles. The molecule has 1 aliphatic carbocycles. The lowest BCUT2D eigenvalue weighted by Gasteiger charge is -2.27. The van der Waals surface area contributed by atoms with Crippen LogP contribution >= 0.6 is 0 Å². The minimum absolute atomic E-state index is 0.00556. The highest BCUT2D eigenvalue weighted by molar-refractivity contribution is 6.09. The van der Waals surface area contributed by atoms with Crippen molar-refractivity contribution in [3.63, 3.8) is 0 Å². The number of rotatable bonds is 8. The maximum atomic E-state index is 12.4. The Labute approximate surface area is 155 Å². The van der Waals surface area contributed by atoms with Crippen LogP contribution in [0, 0.1) is 5.92 Å². The summed E-state index contributed by atoms with van der Waals surface area (Å²) in [7, 11) is 1.32. The first-order valence-electron chi connectivity index (χ1n) is 8.28. The van der Waals surface area contributed by atoms with E-state index in [1.165, 1.54) is 7.05 Å². The molecule has 9 heteroatoms. The average Bonchev–Trinajstić information content (AvgIpc) is 2.61. The SMILES string of the molecule is C/N=N/C1=C(O)CC(c2ccc(OCCCC(=O)O)cc2)C(C(=O)O)C1=O. The Morgan fingerprint density at radius 2 is 1.89 bits per heavy atom. The number of carboxylic acids is 2. The van der Waals surface area contributed by atoms with Crippen molar-refractivity contribution in [2.75, 3.05) is 13.7 Å². The molecule has 0 heterocycles.